The number of carboxylic acid groups (broad SMARTS) is 1. The van der Waals surface area contributed by atoms with Crippen LogP contribution in [0.25, 0.3) is 5.78 Å². The highest BCUT2D eigenvalue weighted by atomic mass is 16.4. The number of aromatic carboxylic acids is 1. The lowest BCUT2D eigenvalue weighted by Gasteiger charge is -1.91. The molecule has 0 aliphatic heterocycles. The molecule has 1 N–H and O–H groups in total. The molecule has 2 aromatic rings. The van der Waals surface area contributed by atoms with Crippen molar-refractivity contribution in [2.75, 3.05) is 0 Å². The normalized spacial score (nSPS) is 10.5. The molecule has 1 radical (unpaired) electrons. The lowest BCUT2D eigenvalue weighted by atomic mass is 10.4. The standard InChI is InChI=1S/C7H5N4O2/c1-4-8-7-9-5(6(12)13)2-3-11(7)10-4/h2H,1H3,(H,12,13). The fraction of sp³-hybridized carbons (Fsp3) is 0.143. The Bertz CT molecular complexity index is 476. The number of hydrogen-bond acceptors (Lipinski definition) is 4. The number of carboxylic acids is 1. The summed E-state index contributed by atoms with van der Waals surface area (Å²) in [5.41, 5.74) is -0.0834. The third kappa shape index (κ3) is 1.22. The maximum atomic E-state index is 10.5. The Kier molecular flexibility index (Phi) is 1.48. The summed E-state index contributed by atoms with van der Waals surface area (Å²) in [6.07, 6.45) is 2.62. The minimum atomic E-state index is -1.10. The van der Waals surface area contributed by atoms with Crippen LogP contribution in [0.4, 0.5) is 0 Å². The summed E-state index contributed by atoms with van der Waals surface area (Å²) in [5.74, 6) is -0.317. The van der Waals surface area contributed by atoms with E-state index in [2.05, 4.69) is 21.3 Å². The van der Waals surface area contributed by atoms with E-state index in [9.17, 15) is 4.79 Å². The number of aryl methyl sites for hydroxylation is 1. The molecule has 0 unspecified atom stereocenters. The molecule has 0 aliphatic carbocycles. The number of carbonyl (C=O) groups is 1. The van der Waals surface area contributed by atoms with Crippen LogP contribution in [0.1, 0.15) is 16.3 Å². The zero-order valence-electron chi connectivity index (χ0n) is 6.72. The Hall–Kier alpha value is -1.98. The summed E-state index contributed by atoms with van der Waals surface area (Å²) in [4.78, 5) is 18.2. The lowest BCUT2D eigenvalue weighted by Crippen LogP contribution is -2.02. The van der Waals surface area contributed by atoms with Crippen LogP contribution >= 0.6 is 0 Å². The van der Waals surface area contributed by atoms with Crippen molar-refractivity contribution >= 4 is 11.7 Å². The van der Waals surface area contributed by atoms with Gasteiger partial charge in [0.1, 0.15) is 5.82 Å². The highest BCUT2D eigenvalue weighted by Crippen LogP contribution is 1.99. The quantitative estimate of drug-likeness (QED) is 0.659. The molecule has 0 saturated heterocycles. The first-order valence-electron chi connectivity index (χ1n) is 3.52. The summed E-state index contributed by atoms with van der Waals surface area (Å²) in [6, 6.07) is 1.25. The van der Waals surface area contributed by atoms with Crippen molar-refractivity contribution in [2.24, 2.45) is 0 Å². The van der Waals surface area contributed by atoms with Gasteiger partial charge in [0.2, 0.25) is 0 Å². The highest BCUT2D eigenvalue weighted by Gasteiger charge is 2.07. The van der Waals surface area contributed by atoms with Crippen LogP contribution in [0.3, 0.4) is 0 Å². The summed E-state index contributed by atoms with van der Waals surface area (Å²) >= 11 is 0. The van der Waals surface area contributed by atoms with E-state index in [1.54, 1.807) is 6.92 Å². The molecule has 0 aliphatic rings. The molecule has 13 heavy (non-hydrogen) atoms. The van der Waals surface area contributed by atoms with E-state index in [-0.39, 0.29) is 11.5 Å². The van der Waals surface area contributed by atoms with Crippen molar-refractivity contribution in [1.29, 1.82) is 0 Å². The van der Waals surface area contributed by atoms with Crippen LogP contribution in [0, 0.1) is 13.1 Å². The molecule has 6 heteroatoms. The van der Waals surface area contributed by atoms with E-state index in [4.69, 9.17) is 5.11 Å². The molecular formula is C7H5N4O2. The van der Waals surface area contributed by atoms with Gasteiger partial charge in [-0.25, -0.2) is 9.78 Å². The number of aromatic nitrogens is 4. The minimum absolute atomic E-state index is 0.0834. The largest absolute Gasteiger partial charge is 0.477 e. The van der Waals surface area contributed by atoms with Crippen molar-refractivity contribution in [2.45, 2.75) is 6.92 Å². The summed E-state index contributed by atoms with van der Waals surface area (Å²) in [5, 5.41) is 12.5. The van der Waals surface area contributed by atoms with Crippen molar-refractivity contribution in [3.8, 4) is 0 Å². The molecule has 0 amide bonds. The molecule has 0 atom stereocenters. The van der Waals surface area contributed by atoms with Gasteiger partial charge >= 0.3 is 5.97 Å². The van der Waals surface area contributed by atoms with Crippen molar-refractivity contribution in [3.63, 3.8) is 0 Å². The molecule has 0 bridgehead atoms. The number of rotatable bonds is 1. The Morgan fingerprint density at radius 1 is 1.62 bits per heavy atom. The zero-order chi connectivity index (χ0) is 9.42. The van der Waals surface area contributed by atoms with Gasteiger partial charge in [-0.1, -0.05) is 0 Å². The minimum Gasteiger partial charge on any atom is -0.477 e. The van der Waals surface area contributed by atoms with Gasteiger partial charge in [0.05, 0.1) is 6.20 Å². The number of fused-ring (bicyclic) bond motifs is 1. The molecule has 65 valence electrons. The fourth-order valence-corrected chi connectivity index (χ4v) is 0.935. The third-order valence-corrected chi connectivity index (χ3v) is 1.46. The predicted molar refractivity (Wildman–Crippen MR) is 41.3 cm³/mol. The lowest BCUT2D eigenvalue weighted by molar-refractivity contribution is 0.0690. The van der Waals surface area contributed by atoms with Gasteiger partial charge in [-0.15, -0.1) is 5.10 Å². The molecular weight excluding hydrogens is 172 g/mol. The molecule has 2 rings (SSSR count). The molecule has 2 aromatic heterocycles. The van der Waals surface area contributed by atoms with Crippen LogP contribution in [0.2, 0.25) is 0 Å². The Morgan fingerprint density at radius 2 is 2.38 bits per heavy atom. The van der Waals surface area contributed by atoms with Crippen molar-refractivity contribution in [3.05, 3.63) is 23.8 Å². The average Bonchev–Trinajstić information content (AvgIpc) is 2.42. The first-order chi connectivity index (χ1) is 6.16. The maximum absolute atomic E-state index is 10.5. The van der Waals surface area contributed by atoms with Gasteiger partial charge in [-0.2, -0.15) is 9.50 Å². The van der Waals surface area contributed by atoms with Crippen molar-refractivity contribution in [1.82, 2.24) is 19.6 Å². The van der Waals surface area contributed by atoms with E-state index in [0.717, 1.165) is 0 Å². The van der Waals surface area contributed by atoms with Crippen LogP contribution in [-0.4, -0.2) is 30.7 Å². The Labute approximate surface area is 72.9 Å². The third-order valence-electron chi connectivity index (χ3n) is 1.46. The van der Waals surface area contributed by atoms with Gasteiger partial charge in [0.25, 0.3) is 5.78 Å². The molecule has 0 saturated carbocycles. The first kappa shape index (κ1) is 7.66. The van der Waals surface area contributed by atoms with Crippen molar-refractivity contribution < 1.29 is 9.90 Å². The van der Waals surface area contributed by atoms with E-state index < -0.39 is 5.97 Å². The van der Waals surface area contributed by atoms with Gasteiger partial charge in [-0.3, -0.25) is 0 Å². The topological polar surface area (TPSA) is 80.4 Å². The van der Waals surface area contributed by atoms with E-state index >= 15 is 0 Å². The average molecular weight is 177 g/mol. The fourth-order valence-electron chi connectivity index (χ4n) is 0.935. The second-order valence-corrected chi connectivity index (χ2v) is 2.45. The molecule has 0 aromatic carbocycles. The highest BCUT2D eigenvalue weighted by molar-refractivity contribution is 5.85. The zero-order valence-corrected chi connectivity index (χ0v) is 6.72. The second-order valence-electron chi connectivity index (χ2n) is 2.45. The van der Waals surface area contributed by atoms with Gasteiger partial charge in [0, 0.05) is 0 Å². The first-order valence-corrected chi connectivity index (χ1v) is 3.52. The monoisotopic (exact) mass is 177 g/mol. The van der Waals surface area contributed by atoms with Gasteiger partial charge in [0.15, 0.2) is 5.69 Å². The molecule has 0 fully saturated rings. The van der Waals surface area contributed by atoms with E-state index in [1.807, 2.05) is 0 Å². The summed E-state index contributed by atoms with van der Waals surface area (Å²) in [7, 11) is 0. The SMILES string of the molecule is Cc1nc2nc(C(=O)O)c[c]n2n1. The second kappa shape index (κ2) is 2.51. The van der Waals surface area contributed by atoms with Crippen LogP contribution in [-0.2, 0) is 0 Å². The number of nitrogens with zero attached hydrogens (tertiary/aromatic N) is 4. The summed E-state index contributed by atoms with van der Waals surface area (Å²) in [6.45, 7) is 1.70. The van der Waals surface area contributed by atoms with Crippen LogP contribution in [0.15, 0.2) is 6.07 Å². The van der Waals surface area contributed by atoms with E-state index in [0.29, 0.717) is 5.82 Å². The molecule has 2 heterocycles. The van der Waals surface area contributed by atoms with Crippen LogP contribution < -0.4 is 0 Å². The number of hydrogen-bond donors (Lipinski definition) is 1. The van der Waals surface area contributed by atoms with Crippen LogP contribution in [0.5, 0.6) is 0 Å². The Balaban J connectivity index is 2.67. The molecule has 0 spiro atoms. The molecule has 6 nitrogen and oxygen atoms in total. The maximum Gasteiger partial charge on any atom is 0.354 e. The van der Waals surface area contributed by atoms with Gasteiger partial charge in [-0.05, 0) is 13.0 Å². The summed E-state index contributed by atoms with van der Waals surface area (Å²) < 4.78 is 1.31. The van der Waals surface area contributed by atoms with E-state index in [1.165, 1.54) is 10.6 Å². The predicted octanol–water partition coefficient (Wildman–Crippen LogP) is -0.0689. The van der Waals surface area contributed by atoms with Gasteiger partial charge < -0.3 is 5.11 Å². The smallest absolute Gasteiger partial charge is 0.354 e. The Morgan fingerprint density at radius 3 is 3.08 bits per heavy atom.